The van der Waals surface area contributed by atoms with E-state index >= 15 is 0 Å². The van der Waals surface area contributed by atoms with Gasteiger partial charge < -0.3 is 30.9 Å². The molecule has 0 spiro atoms. The van der Waals surface area contributed by atoms with Gasteiger partial charge in [-0.05, 0) is 38.1 Å². The van der Waals surface area contributed by atoms with Crippen molar-refractivity contribution in [2.75, 3.05) is 81.1 Å². The number of nitrogen functional groups attached to an aromatic ring is 1. The van der Waals surface area contributed by atoms with E-state index in [0.29, 0.717) is 52.2 Å². The standard InChI is InChI=1S/C28H35F3N10O4/c1-2-21(42)20-15-40(7-8-41(20)23(43)16-38-5-3-17(4-6-38)24(33)44)27-36-25(35-26(37-27)39-9-11-45-12-10-39)18-14-34-22(32)13-19(18)28(29,30)31/h2,13-14,17,20H,1,3-12,15-16H2,(H2,32,34)(H2,33,44). The molecule has 3 saturated heterocycles. The Kier molecular flexibility index (Phi) is 9.48. The van der Waals surface area contributed by atoms with E-state index in [0.717, 1.165) is 18.3 Å². The van der Waals surface area contributed by atoms with Crippen LogP contribution in [0.2, 0.25) is 0 Å². The number of nitrogens with two attached hydrogens (primary N) is 2. The summed E-state index contributed by atoms with van der Waals surface area (Å²) in [6.07, 6.45) is -1.54. The highest BCUT2D eigenvalue weighted by Gasteiger charge is 2.38. The molecule has 0 saturated carbocycles. The van der Waals surface area contributed by atoms with Crippen molar-refractivity contribution in [2.24, 2.45) is 11.7 Å². The minimum absolute atomic E-state index is 0.0154. The van der Waals surface area contributed by atoms with Crippen LogP contribution in [0.15, 0.2) is 24.9 Å². The van der Waals surface area contributed by atoms with Crippen molar-refractivity contribution in [3.05, 3.63) is 30.5 Å². The number of carbonyl (C=O) groups excluding carboxylic acids is 3. The van der Waals surface area contributed by atoms with Gasteiger partial charge in [0.15, 0.2) is 11.6 Å². The summed E-state index contributed by atoms with van der Waals surface area (Å²) >= 11 is 0. The fourth-order valence-corrected chi connectivity index (χ4v) is 5.71. The topological polar surface area (TPSA) is 177 Å². The number of likely N-dealkylation sites (tertiary alicyclic amines) is 1. The zero-order chi connectivity index (χ0) is 32.3. The molecule has 14 nitrogen and oxygen atoms in total. The van der Waals surface area contributed by atoms with Crippen molar-refractivity contribution >= 4 is 35.3 Å². The molecule has 45 heavy (non-hydrogen) atoms. The first-order valence-corrected chi connectivity index (χ1v) is 14.6. The van der Waals surface area contributed by atoms with Gasteiger partial charge in [-0.1, -0.05) is 6.58 Å². The number of carbonyl (C=O) groups is 3. The Hall–Kier alpha value is -4.38. The summed E-state index contributed by atoms with van der Waals surface area (Å²) in [5, 5.41) is 0. The molecule has 0 bridgehead atoms. The first kappa shape index (κ1) is 32.0. The summed E-state index contributed by atoms with van der Waals surface area (Å²) in [5.41, 5.74) is 9.58. The maximum Gasteiger partial charge on any atom is 0.417 e. The van der Waals surface area contributed by atoms with E-state index in [2.05, 4.69) is 26.5 Å². The van der Waals surface area contributed by atoms with Gasteiger partial charge in [0.25, 0.3) is 0 Å². The average molecular weight is 633 g/mol. The molecular weight excluding hydrogens is 597 g/mol. The quantitative estimate of drug-likeness (QED) is 0.382. The molecule has 4 N–H and O–H groups in total. The fraction of sp³-hybridized carbons (Fsp3) is 0.536. The van der Waals surface area contributed by atoms with E-state index in [1.54, 1.807) is 9.80 Å². The van der Waals surface area contributed by atoms with Crippen LogP contribution in [0.3, 0.4) is 0 Å². The molecule has 3 aliphatic heterocycles. The second-order valence-corrected chi connectivity index (χ2v) is 11.1. The Morgan fingerprint density at radius 1 is 1.00 bits per heavy atom. The number of hydrogen-bond acceptors (Lipinski definition) is 12. The van der Waals surface area contributed by atoms with Crippen molar-refractivity contribution in [1.29, 1.82) is 0 Å². The number of piperidine rings is 1. The van der Waals surface area contributed by atoms with Gasteiger partial charge in [0, 0.05) is 44.8 Å². The molecule has 2 aromatic heterocycles. The van der Waals surface area contributed by atoms with Crippen LogP contribution in [-0.2, 0) is 25.3 Å². The monoisotopic (exact) mass is 632 g/mol. The third-order valence-corrected chi connectivity index (χ3v) is 8.24. The van der Waals surface area contributed by atoms with Crippen LogP contribution in [0.5, 0.6) is 0 Å². The Labute approximate surface area is 257 Å². The van der Waals surface area contributed by atoms with E-state index in [1.807, 2.05) is 4.90 Å². The SMILES string of the molecule is C=CC(=O)C1CN(c2nc(-c3cnc(N)cc3C(F)(F)F)nc(N3CCOCC3)n2)CCN1C(=O)CN1CCC(C(N)=O)CC1. The maximum atomic E-state index is 14.0. The summed E-state index contributed by atoms with van der Waals surface area (Å²) in [4.78, 5) is 62.0. The van der Waals surface area contributed by atoms with E-state index in [-0.39, 0.29) is 73.0 Å². The maximum absolute atomic E-state index is 14.0. The minimum Gasteiger partial charge on any atom is -0.384 e. The number of rotatable bonds is 8. The van der Waals surface area contributed by atoms with Gasteiger partial charge in [-0.3, -0.25) is 19.3 Å². The highest BCUT2D eigenvalue weighted by atomic mass is 19.4. The third kappa shape index (κ3) is 7.30. The molecule has 3 fully saturated rings. The number of pyridine rings is 1. The molecule has 3 aliphatic rings. The number of piperazine rings is 1. The molecule has 1 unspecified atom stereocenters. The molecule has 2 aromatic rings. The number of amides is 2. The number of hydrogen-bond donors (Lipinski definition) is 2. The Morgan fingerprint density at radius 3 is 2.29 bits per heavy atom. The molecule has 17 heteroatoms. The van der Waals surface area contributed by atoms with Crippen molar-refractivity contribution in [2.45, 2.75) is 25.1 Å². The normalized spacial score (nSPS) is 20.2. The van der Waals surface area contributed by atoms with Crippen molar-refractivity contribution in [3.8, 4) is 11.4 Å². The number of primary amides is 1. The van der Waals surface area contributed by atoms with E-state index in [1.165, 1.54) is 4.90 Å². The van der Waals surface area contributed by atoms with Crippen LogP contribution in [0.25, 0.3) is 11.4 Å². The number of nitrogens with zero attached hydrogens (tertiary/aromatic N) is 8. The highest BCUT2D eigenvalue weighted by molar-refractivity contribution is 5.97. The number of alkyl halides is 3. The zero-order valence-corrected chi connectivity index (χ0v) is 24.6. The van der Waals surface area contributed by atoms with Gasteiger partial charge in [0.1, 0.15) is 11.9 Å². The van der Waals surface area contributed by atoms with Crippen molar-refractivity contribution in [1.82, 2.24) is 29.7 Å². The first-order chi connectivity index (χ1) is 21.4. The van der Waals surface area contributed by atoms with Gasteiger partial charge in [-0.25, -0.2) is 4.98 Å². The second kappa shape index (κ2) is 13.3. The number of morpholine rings is 1. The lowest BCUT2D eigenvalue weighted by Gasteiger charge is -2.41. The van der Waals surface area contributed by atoms with Gasteiger partial charge in [-0.15, -0.1) is 0 Å². The number of anilines is 3. The van der Waals surface area contributed by atoms with Gasteiger partial charge >= 0.3 is 6.18 Å². The number of ketones is 1. The molecule has 0 aromatic carbocycles. The number of halogens is 3. The Morgan fingerprint density at radius 2 is 1.67 bits per heavy atom. The summed E-state index contributed by atoms with van der Waals surface area (Å²) in [6, 6.07) is -0.199. The lowest BCUT2D eigenvalue weighted by Crippen LogP contribution is -2.60. The molecule has 0 aliphatic carbocycles. The van der Waals surface area contributed by atoms with Crippen LogP contribution >= 0.6 is 0 Å². The largest absolute Gasteiger partial charge is 0.417 e. The Balaban J connectivity index is 1.43. The van der Waals surface area contributed by atoms with Crippen molar-refractivity contribution in [3.63, 3.8) is 0 Å². The summed E-state index contributed by atoms with van der Waals surface area (Å²) in [7, 11) is 0. The number of aromatic nitrogens is 4. The van der Waals surface area contributed by atoms with Gasteiger partial charge in [0.05, 0.1) is 30.9 Å². The summed E-state index contributed by atoms with van der Waals surface area (Å²) in [5.74, 6) is -1.61. The smallest absolute Gasteiger partial charge is 0.384 e. The lowest BCUT2D eigenvalue weighted by molar-refractivity contribution is -0.140. The van der Waals surface area contributed by atoms with E-state index in [9.17, 15) is 27.6 Å². The summed E-state index contributed by atoms with van der Waals surface area (Å²) in [6.45, 7) is 6.60. The van der Waals surface area contributed by atoms with E-state index < -0.39 is 23.6 Å². The van der Waals surface area contributed by atoms with Crippen LogP contribution in [0.1, 0.15) is 18.4 Å². The van der Waals surface area contributed by atoms with Gasteiger partial charge in [-0.2, -0.15) is 28.1 Å². The van der Waals surface area contributed by atoms with Gasteiger partial charge in [0.2, 0.25) is 23.7 Å². The molecule has 2 amide bonds. The predicted molar refractivity (Wildman–Crippen MR) is 157 cm³/mol. The Bertz CT molecular complexity index is 1440. The van der Waals surface area contributed by atoms with Crippen LogP contribution in [0.4, 0.5) is 30.9 Å². The number of ether oxygens (including phenoxy) is 1. The van der Waals surface area contributed by atoms with Crippen LogP contribution in [0, 0.1) is 5.92 Å². The van der Waals surface area contributed by atoms with E-state index in [4.69, 9.17) is 16.2 Å². The van der Waals surface area contributed by atoms with Crippen molar-refractivity contribution < 1.29 is 32.3 Å². The fourth-order valence-electron chi connectivity index (χ4n) is 5.71. The van der Waals surface area contributed by atoms with Crippen LogP contribution in [-0.4, -0.2) is 119 Å². The molecule has 242 valence electrons. The zero-order valence-electron chi connectivity index (χ0n) is 24.6. The molecule has 1 atom stereocenters. The first-order valence-electron chi connectivity index (χ1n) is 14.6. The second-order valence-electron chi connectivity index (χ2n) is 11.1. The predicted octanol–water partition coefficient (Wildman–Crippen LogP) is 0.341. The minimum atomic E-state index is -4.76. The van der Waals surface area contributed by atoms with Crippen LogP contribution < -0.4 is 21.3 Å². The lowest BCUT2D eigenvalue weighted by atomic mass is 9.96. The third-order valence-electron chi connectivity index (χ3n) is 8.24. The molecule has 0 radical (unpaired) electrons. The summed E-state index contributed by atoms with van der Waals surface area (Å²) < 4.78 is 47.5. The molecular formula is C28H35F3N10O4. The highest BCUT2D eigenvalue weighted by Crippen LogP contribution is 2.37. The average Bonchev–Trinajstić information content (AvgIpc) is 3.04. The molecule has 5 heterocycles. The molecule has 5 rings (SSSR count).